The number of aliphatic imine (C=N–C) groups is 1. The number of carbonyl (C=O) groups excluding carboxylic acids is 2. The fourth-order valence-corrected chi connectivity index (χ4v) is 4.98. The number of halogens is 3. The Kier molecular flexibility index (Phi) is 7.63. The molecule has 3 aromatic rings. The second-order valence-corrected chi connectivity index (χ2v) is 12.6. The number of anilines is 1. The SMILES string of the molecule is C[C@@H](Cc1ccc(F)c(F)c1)C(=O)NC1N=C(c2ccc3c(c2)OCO3)c2ccccc2N(CC(C)(C)Br)C1=O. The van der Waals surface area contributed by atoms with Crippen molar-refractivity contribution in [2.24, 2.45) is 10.9 Å². The van der Waals surface area contributed by atoms with Crippen molar-refractivity contribution in [2.45, 2.75) is 37.7 Å². The van der Waals surface area contributed by atoms with Gasteiger partial charge in [-0.1, -0.05) is 47.1 Å². The zero-order chi connectivity index (χ0) is 28.6. The molecule has 0 aliphatic carbocycles. The summed E-state index contributed by atoms with van der Waals surface area (Å²) in [5.74, 6) is -2.25. The lowest BCUT2D eigenvalue weighted by Crippen LogP contribution is -2.51. The summed E-state index contributed by atoms with van der Waals surface area (Å²) in [7, 11) is 0. The summed E-state index contributed by atoms with van der Waals surface area (Å²) in [5, 5.41) is 2.80. The molecule has 1 N–H and O–H groups in total. The Hall–Kier alpha value is -3.79. The van der Waals surface area contributed by atoms with Gasteiger partial charge in [0.2, 0.25) is 18.9 Å². The number of rotatable bonds is 7. The molecule has 7 nitrogen and oxygen atoms in total. The average molecular weight is 612 g/mol. The fourth-order valence-electron chi connectivity index (χ4n) is 4.73. The standard InChI is InChI=1S/C30H28BrF2N3O4/c1-17(12-18-8-10-21(32)22(33)13-18)28(37)35-27-29(38)36(15-30(2,3)31)23-7-5-4-6-20(23)26(34-27)19-9-11-24-25(14-19)40-16-39-24/h4-11,13-14,17,27H,12,15-16H2,1-3H3,(H,35,37)/t17-,27?/m0/s1. The van der Waals surface area contributed by atoms with Crippen LogP contribution in [-0.2, 0) is 16.0 Å². The van der Waals surface area contributed by atoms with Gasteiger partial charge in [0, 0.05) is 27.9 Å². The number of ether oxygens (including phenoxy) is 2. The van der Waals surface area contributed by atoms with Crippen LogP contribution in [-0.4, -0.2) is 41.4 Å². The largest absolute Gasteiger partial charge is 0.454 e. The van der Waals surface area contributed by atoms with Crippen molar-refractivity contribution in [3.05, 3.63) is 89.0 Å². The van der Waals surface area contributed by atoms with Crippen LogP contribution < -0.4 is 19.7 Å². The number of amides is 2. The normalized spacial score (nSPS) is 17.1. The van der Waals surface area contributed by atoms with Crippen LogP contribution in [0.1, 0.15) is 37.5 Å². The molecule has 5 rings (SSSR count). The number of fused-ring (bicyclic) bond motifs is 2. The molecule has 10 heteroatoms. The van der Waals surface area contributed by atoms with Crippen LogP contribution >= 0.6 is 15.9 Å². The van der Waals surface area contributed by atoms with E-state index < -0.39 is 39.9 Å². The number of benzodiazepines with no additional fused rings is 1. The van der Waals surface area contributed by atoms with E-state index in [-0.39, 0.29) is 13.2 Å². The number of nitrogens with one attached hydrogen (secondary N) is 1. The number of benzene rings is 3. The first-order chi connectivity index (χ1) is 19.0. The average Bonchev–Trinajstić information content (AvgIpc) is 3.35. The van der Waals surface area contributed by atoms with Gasteiger partial charge in [-0.15, -0.1) is 0 Å². The van der Waals surface area contributed by atoms with Crippen LogP contribution in [0.4, 0.5) is 14.5 Å². The molecule has 1 unspecified atom stereocenters. The molecule has 0 radical (unpaired) electrons. The third kappa shape index (κ3) is 5.86. The van der Waals surface area contributed by atoms with E-state index in [9.17, 15) is 18.4 Å². The Morgan fingerprint density at radius 3 is 2.60 bits per heavy atom. The highest BCUT2D eigenvalue weighted by molar-refractivity contribution is 9.10. The van der Waals surface area contributed by atoms with E-state index >= 15 is 0 Å². The molecule has 0 aromatic heterocycles. The summed E-state index contributed by atoms with van der Waals surface area (Å²) in [6, 6.07) is 16.4. The third-order valence-corrected chi connectivity index (χ3v) is 6.89. The lowest BCUT2D eigenvalue weighted by atomic mass is 9.99. The van der Waals surface area contributed by atoms with Crippen LogP contribution in [0.15, 0.2) is 65.7 Å². The van der Waals surface area contributed by atoms with Gasteiger partial charge in [-0.05, 0) is 62.2 Å². The van der Waals surface area contributed by atoms with E-state index in [1.54, 1.807) is 24.0 Å². The monoisotopic (exact) mass is 611 g/mol. The van der Waals surface area contributed by atoms with Gasteiger partial charge in [-0.25, -0.2) is 13.8 Å². The topological polar surface area (TPSA) is 80.2 Å². The highest BCUT2D eigenvalue weighted by Gasteiger charge is 2.36. The Labute approximate surface area is 239 Å². The van der Waals surface area contributed by atoms with E-state index in [0.29, 0.717) is 40.6 Å². The molecule has 2 amide bonds. The molecule has 2 aliphatic rings. The first-order valence-electron chi connectivity index (χ1n) is 12.8. The second kappa shape index (κ2) is 11.0. The summed E-state index contributed by atoms with van der Waals surface area (Å²) in [6.45, 7) is 5.98. The molecule has 40 heavy (non-hydrogen) atoms. The van der Waals surface area contributed by atoms with Gasteiger partial charge in [-0.2, -0.15) is 0 Å². The van der Waals surface area contributed by atoms with Crippen molar-refractivity contribution < 1.29 is 27.8 Å². The molecule has 3 aromatic carbocycles. The van der Waals surface area contributed by atoms with Crippen LogP contribution in [0.5, 0.6) is 11.5 Å². The maximum absolute atomic E-state index is 14.0. The van der Waals surface area contributed by atoms with Crippen molar-refractivity contribution in [3.63, 3.8) is 0 Å². The fraction of sp³-hybridized carbons (Fsp3) is 0.300. The van der Waals surface area contributed by atoms with Crippen molar-refractivity contribution in [1.29, 1.82) is 0 Å². The number of carbonyl (C=O) groups is 2. The molecule has 0 saturated heterocycles. The number of para-hydroxylation sites is 1. The highest BCUT2D eigenvalue weighted by Crippen LogP contribution is 2.36. The molecule has 2 heterocycles. The third-order valence-electron chi connectivity index (χ3n) is 6.64. The van der Waals surface area contributed by atoms with E-state index in [1.807, 2.05) is 44.2 Å². The number of hydrogen-bond acceptors (Lipinski definition) is 5. The van der Waals surface area contributed by atoms with Crippen molar-refractivity contribution in [2.75, 3.05) is 18.2 Å². The Morgan fingerprint density at radius 2 is 1.85 bits per heavy atom. The number of alkyl halides is 1. The Balaban J connectivity index is 1.52. The first kappa shape index (κ1) is 27.8. The van der Waals surface area contributed by atoms with Gasteiger partial charge in [0.05, 0.1) is 11.4 Å². The van der Waals surface area contributed by atoms with Gasteiger partial charge >= 0.3 is 0 Å². The number of nitrogens with zero attached hydrogens (tertiary/aromatic N) is 2. The van der Waals surface area contributed by atoms with Crippen molar-refractivity contribution in [3.8, 4) is 11.5 Å². The Morgan fingerprint density at radius 1 is 1.10 bits per heavy atom. The minimum Gasteiger partial charge on any atom is -0.454 e. The first-order valence-corrected chi connectivity index (χ1v) is 13.6. The summed E-state index contributed by atoms with van der Waals surface area (Å²) >= 11 is 3.65. The maximum atomic E-state index is 14.0. The van der Waals surface area contributed by atoms with Gasteiger partial charge in [0.25, 0.3) is 5.91 Å². The minimum atomic E-state index is -1.23. The smallest absolute Gasteiger partial charge is 0.272 e. The van der Waals surface area contributed by atoms with Crippen LogP contribution in [0.3, 0.4) is 0 Å². The van der Waals surface area contributed by atoms with Crippen LogP contribution in [0, 0.1) is 17.6 Å². The van der Waals surface area contributed by atoms with E-state index in [1.165, 1.54) is 6.07 Å². The van der Waals surface area contributed by atoms with Gasteiger partial charge in [0.1, 0.15) is 0 Å². The molecule has 0 spiro atoms. The summed E-state index contributed by atoms with van der Waals surface area (Å²) in [6.07, 6.45) is -1.08. The van der Waals surface area contributed by atoms with E-state index in [2.05, 4.69) is 21.2 Å². The zero-order valence-electron chi connectivity index (χ0n) is 22.2. The van der Waals surface area contributed by atoms with Crippen LogP contribution in [0.25, 0.3) is 0 Å². The maximum Gasteiger partial charge on any atom is 0.272 e. The Bertz CT molecular complexity index is 1500. The summed E-state index contributed by atoms with van der Waals surface area (Å²) in [5.41, 5.74) is 3.05. The molecule has 0 fully saturated rings. The van der Waals surface area contributed by atoms with Gasteiger partial charge < -0.3 is 19.7 Å². The molecule has 2 aliphatic heterocycles. The molecule has 0 bridgehead atoms. The quantitative estimate of drug-likeness (QED) is 0.364. The summed E-state index contributed by atoms with van der Waals surface area (Å²) < 4.78 is 37.7. The van der Waals surface area contributed by atoms with Gasteiger partial charge in [0.15, 0.2) is 23.1 Å². The minimum absolute atomic E-state index is 0.114. The van der Waals surface area contributed by atoms with Crippen molar-refractivity contribution >= 4 is 39.1 Å². The lowest BCUT2D eigenvalue weighted by Gasteiger charge is -2.30. The summed E-state index contributed by atoms with van der Waals surface area (Å²) in [4.78, 5) is 33.7. The lowest BCUT2D eigenvalue weighted by molar-refractivity contribution is -0.129. The van der Waals surface area contributed by atoms with E-state index in [0.717, 1.165) is 17.7 Å². The van der Waals surface area contributed by atoms with E-state index in [4.69, 9.17) is 14.5 Å². The second-order valence-electron chi connectivity index (χ2n) is 10.5. The zero-order valence-corrected chi connectivity index (χ0v) is 23.8. The number of hydrogen-bond donors (Lipinski definition) is 1. The molecule has 0 saturated carbocycles. The highest BCUT2D eigenvalue weighted by atomic mass is 79.9. The predicted molar refractivity (Wildman–Crippen MR) is 151 cm³/mol. The molecular weight excluding hydrogens is 584 g/mol. The van der Waals surface area contributed by atoms with Crippen LogP contribution in [0.2, 0.25) is 0 Å². The molecule has 208 valence electrons. The molecular formula is C30H28BrF2N3O4. The molecule has 2 atom stereocenters. The van der Waals surface area contributed by atoms with Gasteiger partial charge in [-0.3, -0.25) is 9.59 Å². The van der Waals surface area contributed by atoms with Crippen molar-refractivity contribution in [1.82, 2.24) is 5.32 Å². The predicted octanol–water partition coefficient (Wildman–Crippen LogP) is 5.37.